The Morgan fingerprint density at radius 1 is 1.05 bits per heavy atom. The third-order valence-electron chi connectivity index (χ3n) is 4.93. The average molecular weight is 540 g/mol. The fourth-order valence-corrected chi connectivity index (χ4v) is 4.52. The minimum Gasteiger partial charge on any atom is -0.497 e. The molecule has 10 nitrogen and oxygen atoms in total. The number of fused-ring (bicyclic) bond motifs is 1. The molecule has 37 heavy (non-hydrogen) atoms. The van der Waals surface area contributed by atoms with Gasteiger partial charge in [-0.1, -0.05) is 11.6 Å². The average Bonchev–Trinajstić information content (AvgIpc) is 3.24. The third kappa shape index (κ3) is 6.40. The first-order valence-corrected chi connectivity index (χ1v) is 11.8. The van der Waals surface area contributed by atoms with Crippen LogP contribution in [0.3, 0.4) is 0 Å². The van der Waals surface area contributed by atoms with E-state index < -0.39 is 16.8 Å². The molecule has 0 saturated carbocycles. The van der Waals surface area contributed by atoms with Gasteiger partial charge in [0.05, 0.1) is 23.3 Å². The predicted molar refractivity (Wildman–Crippen MR) is 139 cm³/mol. The summed E-state index contributed by atoms with van der Waals surface area (Å²) in [6.07, 6.45) is 1.41. The van der Waals surface area contributed by atoms with Crippen LogP contribution in [0.15, 0.2) is 71.8 Å². The van der Waals surface area contributed by atoms with Crippen LogP contribution in [-0.4, -0.2) is 36.7 Å². The lowest BCUT2D eigenvalue weighted by Crippen LogP contribution is -2.24. The number of benzene rings is 3. The highest BCUT2D eigenvalue weighted by atomic mass is 35.5. The number of methoxy groups -OCH3 is 1. The number of esters is 1. The monoisotopic (exact) mass is 539 g/mol. The van der Waals surface area contributed by atoms with Gasteiger partial charge in [0.2, 0.25) is 0 Å². The number of nitro groups is 1. The van der Waals surface area contributed by atoms with Crippen molar-refractivity contribution in [3.8, 4) is 17.2 Å². The van der Waals surface area contributed by atoms with Crippen molar-refractivity contribution in [1.29, 1.82) is 0 Å². The molecule has 12 heteroatoms. The smallest absolute Gasteiger partial charge is 0.355 e. The van der Waals surface area contributed by atoms with Crippen LogP contribution < -0.4 is 19.6 Å². The highest BCUT2D eigenvalue weighted by Gasteiger charge is 2.19. The van der Waals surface area contributed by atoms with Gasteiger partial charge in [0.25, 0.3) is 11.6 Å². The van der Waals surface area contributed by atoms with Crippen LogP contribution >= 0.6 is 22.9 Å². The third-order valence-corrected chi connectivity index (χ3v) is 6.57. The highest BCUT2D eigenvalue weighted by molar-refractivity contribution is 7.21. The first kappa shape index (κ1) is 25.6. The second-order valence-electron chi connectivity index (χ2n) is 7.40. The van der Waals surface area contributed by atoms with Gasteiger partial charge in [-0.15, -0.1) is 11.3 Å². The summed E-state index contributed by atoms with van der Waals surface area (Å²) in [5.74, 6) is 0.195. The molecule has 0 saturated heterocycles. The van der Waals surface area contributed by atoms with Crippen LogP contribution in [0.25, 0.3) is 10.1 Å². The highest BCUT2D eigenvalue weighted by Crippen LogP contribution is 2.37. The van der Waals surface area contributed by atoms with E-state index >= 15 is 0 Å². The van der Waals surface area contributed by atoms with E-state index in [9.17, 15) is 19.7 Å². The number of thiophene rings is 1. The Balaban J connectivity index is 1.28. The molecule has 0 aliphatic carbocycles. The lowest BCUT2D eigenvalue weighted by atomic mass is 10.2. The molecule has 0 radical (unpaired) electrons. The van der Waals surface area contributed by atoms with Gasteiger partial charge in [0, 0.05) is 22.2 Å². The molecular weight excluding hydrogens is 522 g/mol. The summed E-state index contributed by atoms with van der Waals surface area (Å²) in [6, 6.07) is 17.2. The van der Waals surface area contributed by atoms with Crippen molar-refractivity contribution in [2.75, 3.05) is 13.7 Å². The van der Waals surface area contributed by atoms with E-state index in [2.05, 4.69) is 10.5 Å². The molecule has 0 aliphatic rings. The van der Waals surface area contributed by atoms with E-state index in [1.54, 1.807) is 49.6 Å². The topological polar surface area (TPSA) is 129 Å². The van der Waals surface area contributed by atoms with Crippen LogP contribution in [0.2, 0.25) is 5.02 Å². The molecule has 1 heterocycles. The molecule has 4 aromatic rings. The molecule has 0 fully saturated rings. The van der Waals surface area contributed by atoms with Gasteiger partial charge < -0.3 is 14.2 Å². The molecule has 1 N–H and O–H groups in total. The van der Waals surface area contributed by atoms with Gasteiger partial charge in [0.15, 0.2) is 6.61 Å². The summed E-state index contributed by atoms with van der Waals surface area (Å²) in [7, 11) is 1.56. The number of halogens is 1. The van der Waals surface area contributed by atoms with Crippen molar-refractivity contribution in [3.63, 3.8) is 0 Å². The molecule has 1 amide bonds. The number of hydrogen-bond donors (Lipinski definition) is 1. The molecule has 0 bridgehead atoms. The second-order valence-corrected chi connectivity index (χ2v) is 8.83. The number of non-ortho nitro benzene ring substituents is 1. The zero-order chi connectivity index (χ0) is 26.4. The van der Waals surface area contributed by atoms with Crippen molar-refractivity contribution in [2.24, 2.45) is 5.10 Å². The number of nitrogens with one attached hydrogen (secondary N) is 1. The molecule has 0 aliphatic heterocycles. The fraction of sp³-hybridized carbons (Fsp3) is 0.0800. The summed E-state index contributed by atoms with van der Waals surface area (Å²) >= 11 is 7.60. The summed E-state index contributed by atoms with van der Waals surface area (Å²) in [5.41, 5.74) is 2.88. The first-order chi connectivity index (χ1) is 17.8. The van der Waals surface area contributed by atoms with Gasteiger partial charge in [-0.3, -0.25) is 14.9 Å². The van der Waals surface area contributed by atoms with Crippen LogP contribution in [0.1, 0.15) is 15.2 Å². The maximum absolute atomic E-state index is 12.7. The predicted octanol–water partition coefficient (Wildman–Crippen LogP) is 5.22. The van der Waals surface area contributed by atoms with Gasteiger partial charge in [0.1, 0.15) is 22.1 Å². The van der Waals surface area contributed by atoms with Crippen LogP contribution in [0.5, 0.6) is 17.2 Å². The van der Waals surface area contributed by atoms with Gasteiger partial charge in [-0.05, 0) is 60.2 Å². The Hall–Kier alpha value is -4.48. The number of nitro benzene ring substituents is 1. The second kappa shape index (κ2) is 11.5. The number of ether oxygens (including phenoxy) is 3. The Labute approximate surface area is 219 Å². The Morgan fingerprint density at radius 2 is 1.73 bits per heavy atom. The van der Waals surface area contributed by atoms with Crippen LogP contribution in [-0.2, 0) is 4.79 Å². The quantitative estimate of drug-likeness (QED) is 0.101. The number of hydrogen-bond acceptors (Lipinski definition) is 9. The fourth-order valence-electron chi connectivity index (χ4n) is 3.10. The Bertz CT molecular complexity index is 1480. The molecule has 0 spiro atoms. The summed E-state index contributed by atoms with van der Waals surface area (Å²) in [6.45, 7) is -0.322. The summed E-state index contributed by atoms with van der Waals surface area (Å²) in [4.78, 5) is 35.0. The molecule has 0 atom stereocenters. The number of carbonyl (C=O) groups excluding carboxylic acids is 2. The SMILES string of the molecule is COc1ccc2c(Cl)c(C(=O)Oc3ccc(/C=N/NC(=O)COc4ccc([N+](=O)[O-])cc4)cc3)sc2c1. The molecule has 3 aromatic carbocycles. The lowest BCUT2D eigenvalue weighted by molar-refractivity contribution is -0.384. The van der Waals surface area contributed by atoms with Gasteiger partial charge in [-0.25, -0.2) is 10.2 Å². The number of nitrogens with zero attached hydrogens (tertiary/aromatic N) is 2. The first-order valence-electron chi connectivity index (χ1n) is 10.6. The number of amides is 1. The van der Waals surface area contributed by atoms with E-state index in [1.165, 1.54) is 41.8 Å². The molecule has 188 valence electrons. The Morgan fingerprint density at radius 3 is 2.41 bits per heavy atom. The van der Waals surface area contributed by atoms with Gasteiger partial charge in [-0.2, -0.15) is 5.10 Å². The number of carbonyl (C=O) groups is 2. The number of hydrazone groups is 1. The summed E-state index contributed by atoms with van der Waals surface area (Å²) < 4.78 is 16.7. The van der Waals surface area contributed by atoms with E-state index in [-0.39, 0.29) is 17.2 Å². The standard InChI is InChI=1S/C25H18ClN3O7S/c1-34-19-10-11-20-21(12-19)37-24(23(20)26)25(31)36-18-6-2-15(3-7-18)13-27-28-22(30)14-35-17-8-4-16(5-9-17)29(32)33/h2-13H,14H2,1H3,(H,28,30)/b27-13+. The van der Waals surface area contributed by atoms with Crippen LogP contribution in [0, 0.1) is 10.1 Å². The zero-order valence-corrected chi connectivity index (χ0v) is 20.7. The minimum absolute atomic E-state index is 0.0767. The maximum atomic E-state index is 12.7. The van der Waals surface area contributed by atoms with Crippen molar-refractivity contribution >= 4 is 56.8 Å². The van der Waals surface area contributed by atoms with Gasteiger partial charge >= 0.3 is 5.97 Å². The summed E-state index contributed by atoms with van der Waals surface area (Å²) in [5, 5.41) is 15.6. The molecule has 4 rings (SSSR count). The minimum atomic E-state index is -0.577. The largest absolute Gasteiger partial charge is 0.497 e. The van der Waals surface area contributed by atoms with Crippen LogP contribution in [0.4, 0.5) is 5.69 Å². The molecular formula is C25H18ClN3O7S. The lowest BCUT2D eigenvalue weighted by Gasteiger charge is -2.05. The van der Waals surface area contributed by atoms with Crippen molar-refractivity contribution in [3.05, 3.63) is 92.3 Å². The van der Waals surface area contributed by atoms with E-state index in [0.29, 0.717) is 27.8 Å². The normalized spacial score (nSPS) is 10.9. The van der Waals surface area contributed by atoms with E-state index in [4.69, 9.17) is 25.8 Å². The maximum Gasteiger partial charge on any atom is 0.355 e. The van der Waals surface area contributed by atoms with Crippen molar-refractivity contribution in [1.82, 2.24) is 5.43 Å². The van der Waals surface area contributed by atoms with Crippen molar-refractivity contribution in [2.45, 2.75) is 0 Å². The zero-order valence-electron chi connectivity index (χ0n) is 19.2. The Kier molecular flexibility index (Phi) is 7.96. The van der Waals surface area contributed by atoms with E-state index in [0.717, 1.165) is 10.1 Å². The van der Waals surface area contributed by atoms with E-state index in [1.807, 2.05) is 0 Å². The number of rotatable bonds is 9. The molecule has 0 unspecified atom stereocenters. The van der Waals surface area contributed by atoms with Crippen molar-refractivity contribution < 1.29 is 28.7 Å². The molecule has 1 aromatic heterocycles.